The fourth-order valence-electron chi connectivity index (χ4n) is 2.68. The lowest BCUT2D eigenvalue weighted by atomic mass is 9.98. The van der Waals surface area contributed by atoms with Crippen LogP contribution < -0.4 is 0 Å². The predicted octanol–water partition coefficient (Wildman–Crippen LogP) is 4.45. The van der Waals surface area contributed by atoms with Crippen LogP contribution >= 0.6 is 22.9 Å². The fourth-order valence-corrected chi connectivity index (χ4v) is 3.46. The molecule has 0 saturated carbocycles. The van der Waals surface area contributed by atoms with Crippen molar-refractivity contribution in [3.05, 3.63) is 92.6 Å². The maximum atomic E-state index is 12.8. The third-order valence-corrected chi connectivity index (χ3v) is 5.23. The Morgan fingerprint density at radius 3 is 2.34 bits per heavy atom. The number of likely N-dealkylation sites (N-methyl/N-ethyl adjacent to an activating group) is 1. The number of carbonyl (C=O) groups excluding carboxylic acids is 3. The molecule has 0 bridgehead atoms. The molecule has 148 valence electrons. The van der Waals surface area contributed by atoms with Gasteiger partial charge in [0, 0.05) is 29.7 Å². The van der Waals surface area contributed by atoms with E-state index in [1.54, 1.807) is 60.8 Å². The second kappa shape index (κ2) is 9.49. The molecule has 2 aromatic carbocycles. The molecule has 0 saturated heterocycles. The van der Waals surface area contributed by atoms with Crippen molar-refractivity contribution >= 4 is 40.6 Å². The zero-order valence-electron chi connectivity index (χ0n) is 15.6. The highest BCUT2D eigenvalue weighted by molar-refractivity contribution is 7.07. The Labute approximate surface area is 177 Å². The smallest absolute Gasteiger partial charge is 0.339 e. The van der Waals surface area contributed by atoms with Gasteiger partial charge in [0.25, 0.3) is 5.91 Å². The first-order chi connectivity index (χ1) is 14.0. The van der Waals surface area contributed by atoms with Crippen LogP contribution in [-0.4, -0.2) is 36.2 Å². The summed E-state index contributed by atoms with van der Waals surface area (Å²) < 4.78 is 5.18. The number of halogens is 1. The molecule has 0 fully saturated rings. The largest absolute Gasteiger partial charge is 0.452 e. The molecule has 0 N–H and O–H groups in total. The minimum Gasteiger partial charge on any atom is -0.452 e. The van der Waals surface area contributed by atoms with Gasteiger partial charge < -0.3 is 9.64 Å². The van der Waals surface area contributed by atoms with E-state index in [4.69, 9.17) is 16.3 Å². The second-order valence-corrected chi connectivity index (χ2v) is 7.56. The number of amides is 1. The van der Waals surface area contributed by atoms with Gasteiger partial charge in [-0.15, -0.1) is 0 Å². The van der Waals surface area contributed by atoms with E-state index in [9.17, 15) is 14.4 Å². The van der Waals surface area contributed by atoms with Crippen molar-refractivity contribution < 1.29 is 19.1 Å². The van der Waals surface area contributed by atoms with Crippen molar-refractivity contribution in [1.82, 2.24) is 4.90 Å². The Balaban J connectivity index is 1.67. The molecule has 0 aliphatic rings. The summed E-state index contributed by atoms with van der Waals surface area (Å²) in [5.74, 6) is -1.37. The standard InChI is InChI=1S/C22H18ClNO4S/c1-24(12-15-10-11-29-14-15)20(25)13-28-22(27)19-5-3-2-4-18(19)21(26)16-6-8-17(23)9-7-16/h2-11,14H,12-13H2,1H3. The highest BCUT2D eigenvalue weighted by atomic mass is 35.5. The summed E-state index contributed by atoms with van der Waals surface area (Å²) in [4.78, 5) is 39.1. The Hall–Kier alpha value is -2.96. The molecule has 0 aliphatic heterocycles. The van der Waals surface area contributed by atoms with Gasteiger partial charge >= 0.3 is 5.97 Å². The third kappa shape index (κ3) is 5.31. The van der Waals surface area contributed by atoms with Gasteiger partial charge in [-0.1, -0.05) is 29.8 Å². The predicted molar refractivity (Wildman–Crippen MR) is 112 cm³/mol. The molecule has 0 spiro atoms. The molecule has 0 unspecified atom stereocenters. The number of benzene rings is 2. The van der Waals surface area contributed by atoms with Gasteiger partial charge in [0.15, 0.2) is 12.4 Å². The topological polar surface area (TPSA) is 63.7 Å². The third-order valence-electron chi connectivity index (χ3n) is 4.25. The van der Waals surface area contributed by atoms with Gasteiger partial charge in [0.05, 0.1) is 5.56 Å². The number of hydrogen-bond donors (Lipinski definition) is 0. The molecular weight excluding hydrogens is 410 g/mol. The maximum Gasteiger partial charge on any atom is 0.339 e. The highest BCUT2D eigenvalue weighted by Crippen LogP contribution is 2.18. The molecule has 5 nitrogen and oxygen atoms in total. The van der Waals surface area contributed by atoms with Gasteiger partial charge in [-0.25, -0.2) is 4.79 Å². The minimum atomic E-state index is -0.722. The SMILES string of the molecule is CN(Cc1ccsc1)C(=O)COC(=O)c1ccccc1C(=O)c1ccc(Cl)cc1. The van der Waals surface area contributed by atoms with Crippen LogP contribution in [-0.2, 0) is 16.1 Å². The van der Waals surface area contributed by atoms with E-state index in [1.165, 1.54) is 11.0 Å². The number of nitrogens with zero attached hydrogens (tertiary/aromatic N) is 1. The molecule has 1 amide bonds. The second-order valence-electron chi connectivity index (χ2n) is 6.34. The highest BCUT2D eigenvalue weighted by Gasteiger charge is 2.20. The van der Waals surface area contributed by atoms with Crippen LogP contribution in [0.1, 0.15) is 31.8 Å². The molecule has 1 aromatic heterocycles. The first-order valence-electron chi connectivity index (χ1n) is 8.77. The summed E-state index contributed by atoms with van der Waals surface area (Å²) in [5, 5.41) is 4.40. The fraction of sp³-hybridized carbons (Fsp3) is 0.136. The zero-order valence-corrected chi connectivity index (χ0v) is 17.2. The van der Waals surface area contributed by atoms with E-state index >= 15 is 0 Å². The lowest BCUT2D eigenvalue weighted by molar-refractivity contribution is -0.133. The quantitative estimate of drug-likeness (QED) is 0.413. The number of rotatable bonds is 7. The van der Waals surface area contributed by atoms with Crippen molar-refractivity contribution in [2.24, 2.45) is 0 Å². The average Bonchev–Trinajstić information content (AvgIpc) is 3.24. The van der Waals surface area contributed by atoms with Crippen molar-refractivity contribution in [1.29, 1.82) is 0 Å². The van der Waals surface area contributed by atoms with Gasteiger partial charge in [-0.3, -0.25) is 9.59 Å². The van der Waals surface area contributed by atoms with E-state index in [-0.39, 0.29) is 22.8 Å². The molecule has 3 aromatic rings. The van der Waals surface area contributed by atoms with Crippen LogP contribution in [0.15, 0.2) is 65.4 Å². The maximum absolute atomic E-state index is 12.8. The molecule has 0 aliphatic carbocycles. The Morgan fingerprint density at radius 2 is 1.69 bits per heavy atom. The van der Waals surface area contributed by atoms with E-state index in [0.29, 0.717) is 17.1 Å². The molecule has 0 atom stereocenters. The van der Waals surface area contributed by atoms with Gasteiger partial charge in [-0.05, 0) is 52.7 Å². The van der Waals surface area contributed by atoms with E-state index < -0.39 is 12.6 Å². The summed E-state index contributed by atoms with van der Waals surface area (Å²) >= 11 is 7.41. The van der Waals surface area contributed by atoms with Crippen molar-refractivity contribution in [2.75, 3.05) is 13.7 Å². The summed E-state index contributed by atoms with van der Waals surface area (Å²) in [5.41, 5.74) is 1.73. The van der Waals surface area contributed by atoms with E-state index in [2.05, 4.69) is 0 Å². The number of hydrogen-bond acceptors (Lipinski definition) is 5. The number of carbonyl (C=O) groups is 3. The van der Waals surface area contributed by atoms with Crippen molar-refractivity contribution in [2.45, 2.75) is 6.54 Å². The van der Waals surface area contributed by atoms with Crippen LogP contribution in [0.25, 0.3) is 0 Å². The van der Waals surface area contributed by atoms with Crippen LogP contribution in [0.3, 0.4) is 0 Å². The van der Waals surface area contributed by atoms with Crippen molar-refractivity contribution in [3.8, 4) is 0 Å². The average molecular weight is 428 g/mol. The summed E-state index contributed by atoms with van der Waals surface area (Å²) in [6, 6.07) is 14.7. The molecule has 0 radical (unpaired) electrons. The first-order valence-corrected chi connectivity index (χ1v) is 10.1. The number of thiophene rings is 1. The van der Waals surface area contributed by atoms with Crippen LogP contribution in [0.5, 0.6) is 0 Å². The first kappa shape index (κ1) is 20.8. The number of ketones is 1. The zero-order chi connectivity index (χ0) is 20.8. The van der Waals surface area contributed by atoms with Crippen molar-refractivity contribution in [3.63, 3.8) is 0 Å². The number of esters is 1. The Morgan fingerprint density at radius 1 is 1.00 bits per heavy atom. The van der Waals surface area contributed by atoms with Gasteiger partial charge in [0.1, 0.15) is 0 Å². The molecule has 29 heavy (non-hydrogen) atoms. The Bertz CT molecular complexity index is 1020. The number of ether oxygens (including phenoxy) is 1. The minimum absolute atomic E-state index is 0.112. The Kier molecular flexibility index (Phi) is 6.80. The summed E-state index contributed by atoms with van der Waals surface area (Å²) in [6.45, 7) is 0.0362. The lowest BCUT2D eigenvalue weighted by Gasteiger charge is -2.16. The van der Waals surface area contributed by atoms with Crippen LogP contribution in [0, 0.1) is 0 Å². The lowest BCUT2D eigenvalue weighted by Crippen LogP contribution is -2.30. The van der Waals surface area contributed by atoms with Crippen LogP contribution in [0.4, 0.5) is 0 Å². The normalized spacial score (nSPS) is 10.4. The summed E-state index contributed by atoms with van der Waals surface area (Å²) in [7, 11) is 1.64. The van der Waals surface area contributed by atoms with Gasteiger partial charge in [-0.2, -0.15) is 11.3 Å². The van der Waals surface area contributed by atoms with Crippen LogP contribution in [0.2, 0.25) is 5.02 Å². The summed E-state index contributed by atoms with van der Waals surface area (Å²) in [6.07, 6.45) is 0. The van der Waals surface area contributed by atoms with E-state index in [1.807, 2.05) is 16.8 Å². The molecule has 3 rings (SSSR count). The molecule has 7 heteroatoms. The monoisotopic (exact) mass is 427 g/mol. The molecular formula is C22H18ClNO4S. The molecule has 1 heterocycles. The van der Waals surface area contributed by atoms with Gasteiger partial charge in [0.2, 0.25) is 0 Å². The van der Waals surface area contributed by atoms with E-state index in [0.717, 1.165) is 5.56 Å².